The lowest BCUT2D eigenvalue weighted by atomic mass is 10.3. The molecule has 2 heterocycles. The van der Waals surface area contributed by atoms with E-state index < -0.39 is 17.1 Å². The molecule has 1 atom stereocenters. The Bertz CT molecular complexity index is 745. The van der Waals surface area contributed by atoms with Crippen LogP contribution >= 0.6 is 15.9 Å². The maximum Gasteiger partial charge on any atom is 0.414 e. The molecule has 3 rings (SSSR count). The number of hydrogen-bond acceptors (Lipinski definition) is 6. The van der Waals surface area contributed by atoms with Crippen LogP contribution in [0.15, 0.2) is 34.9 Å². The molecule has 2 aromatic rings. The van der Waals surface area contributed by atoms with Crippen LogP contribution in [0.3, 0.4) is 0 Å². The predicted octanol–water partition coefficient (Wildman–Crippen LogP) is 2.56. The lowest BCUT2D eigenvalue weighted by Crippen LogP contribution is -2.35. The first kappa shape index (κ1) is 15.3. The van der Waals surface area contributed by atoms with Gasteiger partial charge in [-0.2, -0.15) is 0 Å². The number of carbonyl (C=O) groups excluding carboxylic acids is 1. The summed E-state index contributed by atoms with van der Waals surface area (Å²) in [6.07, 6.45) is 0.0584. The summed E-state index contributed by atoms with van der Waals surface area (Å²) in [6, 6.07) is 7.16. The number of fused-ring (bicyclic) bond motifs is 1. The second-order valence-electron chi connectivity index (χ2n) is 4.76. The van der Waals surface area contributed by atoms with Gasteiger partial charge in [0.1, 0.15) is 12.8 Å². The van der Waals surface area contributed by atoms with Crippen LogP contribution in [0.1, 0.15) is 0 Å². The summed E-state index contributed by atoms with van der Waals surface area (Å²) in [7, 11) is 0. The number of amides is 1. The Morgan fingerprint density at radius 3 is 2.91 bits per heavy atom. The van der Waals surface area contributed by atoms with Gasteiger partial charge in [-0.1, -0.05) is 15.9 Å². The third-order valence-corrected chi connectivity index (χ3v) is 3.61. The van der Waals surface area contributed by atoms with Crippen molar-refractivity contribution in [3.63, 3.8) is 0 Å². The third-order valence-electron chi connectivity index (χ3n) is 3.08. The average Bonchev–Trinajstić information content (AvgIpc) is 2.93. The molecule has 0 aliphatic carbocycles. The van der Waals surface area contributed by atoms with Crippen molar-refractivity contribution < 1.29 is 19.2 Å². The van der Waals surface area contributed by atoms with E-state index in [4.69, 9.17) is 9.47 Å². The highest BCUT2D eigenvalue weighted by Crippen LogP contribution is 2.22. The zero-order chi connectivity index (χ0) is 16.4. The van der Waals surface area contributed by atoms with E-state index in [-0.39, 0.29) is 25.0 Å². The minimum atomic E-state index is -0.626. The van der Waals surface area contributed by atoms with Crippen molar-refractivity contribution in [2.24, 2.45) is 0 Å². The average molecular weight is 383 g/mol. The van der Waals surface area contributed by atoms with Gasteiger partial charge in [0.15, 0.2) is 6.10 Å². The summed E-state index contributed by atoms with van der Waals surface area (Å²) in [6.45, 7) is 0.325. The van der Waals surface area contributed by atoms with Gasteiger partial charge in [-0.15, -0.1) is 0 Å². The van der Waals surface area contributed by atoms with Crippen LogP contribution in [0.2, 0.25) is 0 Å². The molecule has 0 fully saturated rings. The van der Waals surface area contributed by atoms with Crippen molar-refractivity contribution >= 4 is 33.5 Å². The molecule has 10 heteroatoms. The SMILES string of the molecule is O=C(Nc1ccc(Br)cc1)OC1COc2nc([N+](=O)[O-])cn2C1. The van der Waals surface area contributed by atoms with Crippen molar-refractivity contribution in [3.8, 4) is 6.01 Å². The molecule has 1 aliphatic heterocycles. The molecule has 1 amide bonds. The van der Waals surface area contributed by atoms with Gasteiger partial charge in [-0.3, -0.25) is 9.88 Å². The number of nitro groups is 1. The minimum absolute atomic E-state index is 0.0852. The van der Waals surface area contributed by atoms with E-state index in [0.29, 0.717) is 5.69 Å². The normalized spacial score (nSPS) is 16.1. The van der Waals surface area contributed by atoms with E-state index in [0.717, 1.165) is 4.47 Å². The second-order valence-corrected chi connectivity index (χ2v) is 5.68. The standard InChI is InChI=1S/C13H11BrN4O5/c14-8-1-3-9(4-2-8)15-13(19)23-10-5-17-6-11(18(20)21)16-12(17)22-7-10/h1-4,6,10H,5,7H2,(H,15,19). The first-order chi connectivity index (χ1) is 11.0. The quantitative estimate of drug-likeness (QED) is 0.645. The molecule has 1 aliphatic rings. The van der Waals surface area contributed by atoms with E-state index in [2.05, 4.69) is 26.2 Å². The van der Waals surface area contributed by atoms with Crippen LogP contribution in [-0.2, 0) is 11.3 Å². The van der Waals surface area contributed by atoms with Crippen molar-refractivity contribution in [3.05, 3.63) is 45.0 Å². The van der Waals surface area contributed by atoms with E-state index in [1.165, 1.54) is 10.8 Å². The summed E-state index contributed by atoms with van der Waals surface area (Å²) in [4.78, 5) is 25.7. The number of imidazole rings is 1. The first-order valence-corrected chi connectivity index (χ1v) is 7.38. The number of hydrogen-bond donors (Lipinski definition) is 1. The molecule has 1 aromatic heterocycles. The van der Waals surface area contributed by atoms with Gasteiger partial charge >= 0.3 is 17.9 Å². The zero-order valence-electron chi connectivity index (χ0n) is 11.6. The fraction of sp³-hybridized carbons (Fsp3) is 0.231. The molecule has 1 unspecified atom stereocenters. The van der Waals surface area contributed by atoms with Crippen molar-refractivity contribution in [2.45, 2.75) is 12.6 Å². The largest absolute Gasteiger partial charge is 0.442 e. The number of nitrogens with zero attached hydrogens (tertiary/aromatic N) is 3. The Labute approximate surface area is 138 Å². The highest BCUT2D eigenvalue weighted by molar-refractivity contribution is 9.10. The highest BCUT2D eigenvalue weighted by Gasteiger charge is 2.29. The maximum absolute atomic E-state index is 11.9. The predicted molar refractivity (Wildman–Crippen MR) is 82.4 cm³/mol. The van der Waals surface area contributed by atoms with Crippen molar-refractivity contribution in [1.29, 1.82) is 0 Å². The molecule has 0 spiro atoms. The van der Waals surface area contributed by atoms with Crippen LogP contribution in [0.5, 0.6) is 6.01 Å². The lowest BCUT2D eigenvalue weighted by molar-refractivity contribution is -0.389. The molecule has 0 radical (unpaired) electrons. The van der Waals surface area contributed by atoms with Gasteiger partial charge in [0.05, 0.1) is 6.54 Å². The number of benzene rings is 1. The van der Waals surface area contributed by atoms with Gasteiger partial charge in [0.2, 0.25) is 0 Å². The summed E-state index contributed by atoms with van der Waals surface area (Å²) in [5, 5.41) is 13.3. The number of ether oxygens (including phenoxy) is 2. The molecule has 0 bridgehead atoms. The number of halogens is 1. The molecule has 23 heavy (non-hydrogen) atoms. The molecular formula is C13H11BrN4O5. The molecular weight excluding hydrogens is 372 g/mol. The van der Waals surface area contributed by atoms with E-state index in [1.54, 1.807) is 24.3 Å². The van der Waals surface area contributed by atoms with E-state index >= 15 is 0 Å². The third kappa shape index (κ3) is 3.59. The van der Waals surface area contributed by atoms with Crippen LogP contribution in [0.25, 0.3) is 0 Å². The summed E-state index contributed by atoms with van der Waals surface area (Å²) in [5.74, 6) is -0.306. The Morgan fingerprint density at radius 2 is 2.22 bits per heavy atom. The second kappa shape index (κ2) is 6.24. The monoisotopic (exact) mass is 382 g/mol. The summed E-state index contributed by atoms with van der Waals surface area (Å²) in [5.41, 5.74) is 0.592. The molecule has 1 aromatic carbocycles. The van der Waals surface area contributed by atoms with Crippen LogP contribution in [0, 0.1) is 10.1 Å². The van der Waals surface area contributed by atoms with Crippen LogP contribution < -0.4 is 10.1 Å². The van der Waals surface area contributed by atoms with Gasteiger partial charge in [-0.25, -0.2) is 4.79 Å². The lowest BCUT2D eigenvalue weighted by Gasteiger charge is -2.22. The zero-order valence-corrected chi connectivity index (χ0v) is 13.2. The molecule has 1 N–H and O–H groups in total. The Morgan fingerprint density at radius 1 is 1.48 bits per heavy atom. The number of anilines is 1. The Kier molecular flexibility index (Phi) is 4.15. The van der Waals surface area contributed by atoms with Gasteiger partial charge in [-0.05, 0) is 29.2 Å². The van der Waals surface area contributed by atoms with E-state index in [9.17, 15) is 14.9 Å². The van der Waals surface area contributed by atoms with E-state index in [1.807, 2.05) is 0 Å². The fourth-order valence-electron chi connectivity index (χ4n) is 2.06. The van der Waals surface area contributed by atoms with Crippen molar-refractivity contribution in [1.82, 2.24) is 9.55 Å². The highest BCUT2D eigenvalue weighted by atomic mass is 79.9. The van der Waals surface area contributed by atoms with Crippen LogP contribution in [0.4, 0.5) is 16.3 Å². The number of nitrogens with one attached hydrogen (secondary N) is 1. The fourth-order valence-corrected chi connectivity index (χ4v) is 2.33. The smallest absolute Gasteiger partial charge is 0.414 e. The van der Waals surface area contributed by atoms with Gasteiger partial charge in [0, 0.05) is 15.1 Å². The topological polar surface area (TPSA) is 109 Å². The molecule has 0 saturated heterocycles. The Hall–Kier alpha value is -2.62. The molecule has 9 nitrogen and oxygen atoms in total. The maximum atomic E-state index is 11.9. The summed E-state index contributed by atoms with van der Waals surface area (Å²) >= 11 is 3.30. The minimum Gasteiger partial charge on any atom is -0.442 e. The molecule has 0 saturated carbocycles. The van der Waals surface area contributed by atoms with Gasteiger partial charge in [0.25, 0.3) is 0 Å². The number of carbonyl (C=O) groups is 1. The molecule has 120 valence electrons. The number of aromatic nitrogens is 2. The summed E-state index contributed by atoms with van der Waals surface area (Å²) < 4.78 is 12.9. The first-order valence-electron chi connectivity index (χ1n) is 6.59. The van der Waals surface area contributed by atoms with Gasteiger partial charge < -0.3 is 19.6 Å². The van der Waals surface area contributed by atoms with Crippen LogP contribution in [-0.4, -0.2) is 33.3 Å². The Balaban J connectivity index is 1.59. The number of rotatable bonds is 3. The van der Waals surface area contributed by atoms with Crippen molar-refractivity contribution in [2.75, 3.05) is 11.9 Å².